The first kappa shape index (κ1) is 11.9. The van der Waals surface area contributed by atoms with Crippen molar-refractivity contribution in [3.05, 3.63) is 0 Å². The number of nitrogens with one attached hydrogen (secondary N) is 1. The van der Waals surface area contributed by atoms with E-state index in [0.717, 1.165) is 19.6 Å². The molecule has 0 saturated heterocycles. The van der Waals surface area contributed by atoms with E-state index in [1.165, 1.54) is 0 Å². The maximum atomic E-state index is 5.46. The standard InChI is InChI=1S/C9H22N2O/c1-8(7-12-3)4-5-11-9(2)6-10/h8-9,11H,4-7,10H2,1-3H3/t8?,9-/m1/s1. The van der Waals surface area contributed by atoms with Gasteiger partial charge in [0.05, 0.1) is 0 Å². The van der Waals surface area contributed by atoms with Gasteiger partial charge in [-0.3, -0.25) is 0 Å². The quantitative estimate of drug-likeness (QED) is 0.594. The fourth-order valence-corrected chi connectivity index (χ4v) is 1.03. The molecule has 0 aromatic carbocycles. The Balaban J connectivity index is 3.18. The Morgan fingerprint density at radius 1 is 1.42 bits per heavy atom. The maximum absolute atomic E-state index is 5.46. The van der Waals surface area contributed by atoms with Crippen LogP contribution in [0, 0.1) is 5.92 Å². The van der Waals surface area contributed by atoms with Crippen LogP contribution in [0.2, 0.25) is 0 Å². The summed E-state index contributed by atoms with van der Waals surface area (Å²) in [5.74, 6) is 0.632. The summed E-state index contributed by atoms with van der Waals surface area (Å²) >= 11 is 0. The van der Waals surface area contributed by atoms with E-state index < -0.39 is 0 Å². The number of hydrogen-bond acceptors (Lipinski definition) is 3. The largest absolute Gasteiger partial charge is 0.384 e. The van der Waals surface area contributed by atoms with E-state index in [-0.39, 0.29) is 0 Å². The Hall–Kier alpha value is -0.120. The molecule has 0 aromatic heterocycles. The van der Waals surface area contributed by atoms with Crippen LogP contribution >= 0.6 is 0 Å². The minimum Gasteiger partial charge on any atom is -0.384 e. The van der Waals surface area contributed by atoms with Crippen molar-refractivity contribution in [3.8, 4) is 0 Å². The van der Waals surface area contributed by atoms with Crippen LogP contribution in [0.25, 0.3) is 0 Å². The number of hydrogen-bond donors (Lipinski definition) is 2. The van der Waals surface area contributed by atoms with Gasteiger partial charge in [0.2, 0.25) is 0 Å². The number of nitrogens with two attached hydrogens (primary N) is 1. The van der Waals surface area contributed by atoms with Crippen molar-refractivity contribution in [2.24, 2.45) is 11.7 Å². The van der Waals surface area contributed by atoms with Gasteiger partial charge in [-0.05, 0) is 25.8 Å². The second-order valence-electron chi connectivity index (χ2n) is 3.44. The van der Waals surface area contributed by atoms with Crippen LogP contribution in [-0.4, -0.2) is 32.8 Å². The molecular formula is C9H22N2O. The Bertz CT molecular complexity index is 98.5. The van der Waals surface area contributed by atoms with Crippen LogP contribution in [0.4, 0.5) is 0 Å². The highest BCUT2D eigenvalue weighted by molar-refractivity contribution is 4.62. The number of methoxy groups -OCH3 is 1. The molecule has 12 heavy (non-hydrogen) atoms. The van der Waals surface area contributed by atoms with E-state index >= 15 is 0 Å². The van der Waals surface area contributed by atoms with Gasteiger partial charge in [-0.2, -0.15) is 0 Å². The molecule has 0 spiro atoms. The number of ether oxygens (including phenoxy) is 1. The highest BCUT2D eigenvalue weighted by atomic mass is 16.5. The van der Waals surface area contributed by atoms with Crippen LogP contribution in [-0.2, 0) is 4.74 Å². The van der Waals surface area contributed by atoms with Gasteiger partial charge in [0.25, 0.3) is 0 Å². The van der Waals surface area contributed by atoms with E-state index in [0.29, 0.717) is 18.5 Å². The molecule has 0 aliphatic rings. The summed E-state index contributed by atoms with van der Waals surface area (Å²) in [6.45, 7) is 6.87. The second kappa shape index (κ2) is 7.53. The molecule has 0 radical (unpaired) electrons. The summed E-state index contributed by atoms with van der Waals surface area (Å²) in [5, 5.41) is 3.34. The van der Waals surface area contributed by atoms with Gasteiger partial charge in [-0.25, -0.2) is 0 Å². The van der Waals surface area contributed by atoms with Crippen molar-refractivity contribution in [2.45, 2.75) is 26.3 Å². The normalized spacial score (nSPS) is 16.0. The molecule has 0 aliphatic carbocycles. The fraction of sp³-hybridized carbons (Fsp3) is 1.00. The minimum atomic E-state index is 0.430. The smallest absolute Gasteiger partial charge is 0.0488 e. The Labute approximate surface area is 75.7 Å². The average Bonchev–Trinajstić information content (AvgIpc) is 2.04. The summed E-state index contributed by atoms with van der Waals surface area (Å²) in [6.07, 6.45) is 1.15. The molecule has 0 rings (SSSR count). The average molecular weight is 174 g/mol. The molecule has 3 N–H and O–H groups in total. The molecule has 0 saturated carbocycles. The van der Waals surface area contributed by atoms with Gasteiger partial charge in [0, 0.05) is 26.3 Å². The molecule has 2 atom stereocenters. The highest BCUT2D eigenvalue weighted by Gasteiger charge is 2.02. The van der Waals surface area contributed by atoms with Crippen LogP contribution < -0.4 is 11.1 Å². The highest BCUT2D eigenvalue weighted by Crippen LogP contribution is 1.99. The predicted molar refractivity (Wildman–Crippen MR) is 52.2 cm³/mol. The molecule has 0 amide bonds. The SMILES string of the molecule is COCC(C)CCN[C@H](C)CN. The lowest BCUT2D eigenvalue weighted by Crippen LogP contribution is -2.34. The topological polar surface area (TPSA) is 47.3 Å². The van der Waals surface area contributed by atoms with Gasteiger partial charge in [0.1, 0.15) is 0 Å². The molecule has 0 fully saturated rings. The van der Waals surface area contributed by atoms with Crippen LogP contribution in [0.5, 0.6) is 0 Å². The van der Waals surface area contributed by atoms with Gasteiger partial charge in [0.15, 0.2) is 0 Å². The van der Waals surface area contributed by atoms with Gasteiger partial charge in [-0.15, -0.1) is 0 Å². The van der Waals surface area contributed by atoms with Gasteiger partial charge >= 0.3 is 0 Å². The van der Waals surface area contributed by atoms with E-state index in [2.05, 4.69) is 19.2 Å². The van der Waals surface area contributed by atoms with Crippen LogP contribution in [0.3, 0.4) is 0 Å². The lowest BCUT2D eigenvalue weighted by atomic mass is 10.1. The summed E-state index contributed by atoms with van der Waals surface area (Å²) in [7, 11) is 1.74. The lowest BCUT2D eigenvalue weighted by molar-refractivity contribution is 0.155. The summed E-state index contributed by atoms with van der Waals surface area (Å²) in [4.78, 5) is 0. The zero-order valence-corrected chi connectivity index (χ0v) is 8.47. The molecule has 1 unspecified atom stereocenters. The predicted octanol–water partition coefficient (Wildman–Crippen LogP) is 0.596. The van der Waals surface area contributed by atoms with Crippen LogP contribution in [0.15, 0.2) is 0 Å². The van der Waals surface area contributed by atoms with E-state index in [9.17, 15) is 0 Å². The Kier molecular flexibility index (Phi) is 7.45. The van der Waals surface area contributed by atoms with Gasteiger partial charge < -0.3 is 15.8 Å². The van der Waals surface area contributed by atoms with Crippen molar-refractivity contribution in [1.82, 2.24) is 5.32 Å². The van der Waals surface area contributed by atoms with Gasteiger partial charge in [-0.1, -0.05) is 6.92 Å². The van der Waals surface area contributed by atoms with Crippen LogP contribution in [0.1, 0.15) is 20.3 Å². The molecule has 74 valence electrons. The zero-order chi connectivity index (χ0) is 9.40. The number of rotatable bonds is 7. The summed E-state index contributed by atoms with van der Waals surface area (Å²) < 4.78 is 5.04. The van der Waals surface area contributed by atoms with Crippen molar-refractivity contribution < 1.29 is 4.74 Å². The lowest BCUT2D eigenvalue weighted by Gasteiger charge is -2.14. The monoisotopic (exact) mass is 174 g/mol. The molecule has 3 heteroatoms. The van der Waals surface area contributed by atoms with Crippen molar-refractivity contribution in [2.75, 3.05) is 26.8 Å². The molecule has 0 heterocycles. The Morgan fingerprint density at radius 2 is 2.08 bits per heavy atom. The van der Waals surface area contributed by atoms with E-state index in [1.54, 1.807) is 7.11 Å². The van der Waals surface area contributed by atoms with Crippen molar-refractivity contribution in [1.29, 1.82) is 0 Å². The molecule has 3 nitrogen and oxygen atoms in total. The third kappa shape index (κ3) is 6.58. The first-order valence-electron chi connectivity index (χ1n) is 4.63. The third-order valence-electron chi connectivity index (χ3n) is 1.93. The third-order valence-corrected chi connectivity index (χ3v) is 1.93. The fourth-order valence-electron chi connectivity index (χ4n) is 1.03. The molecule has 0 bridgehead atoms. The Morgan fingerprint density at radius 3 is 2.58 bits per heavy atom. The van der Waals surface area contributed by atoms with Crippen molar-refractivity contribution in [3.63, 3.8) is 0 Å². The zero-order valence-electron chi connectivity index (χ0n) is 8.47. The van der Waals surface area contributed by atoms with E-state index in [4.69, 9.17) is 10.5 Å². The maximum Gasteiger partial charge on any atom is 0.0488 e. The molecule has 0 aliphatic heterocycles. The first-order valence-corrected chi connectivity index (χ1v) is 4.63. The second-order valence-corrected chi connectivity index (χ2v) is 3.44. The van der Waals surface area contributed by atoms with E-state index in [1.807, 2.05) is 0 Å². The summed E-state index contributed by atoms with van der Waals surface area (Å²) in [5.41, 5.74) is 5.46. The van der Waals surface area contributed by atoms with Crippen molar-refractivity contribution >= 4 is 0 Å². The first-order chi connectivity index (χ1) is 5.70. The molecular weight excluding hydrogens is 152 g/mol. The minimum absolute atomic E-state index is 0.430. The summed E-state index contributed by atoms with van der Waals surface area (Å²) in [6, 6.07) is 0.430. The molecule has 0 aromatic rings.